The van der Waals surface area contributed by atoms with Gasteiger partial charge in [-0.25, -0.2) is 4.57 Å². The highest BCUT2D eigenvalue weighted by atomic mass is 31.2. The molecule has 11 nitrogen and oxygen atoms in total. The van der Waals surface area contributed by atoms with Crippen LogP contribution in [0.1, 0.15) is 168 Å². The number of allylic oxidation sites excluding steroid dienone is 10. The third kappa shape index (κ3) is 38.1. The van der Waals surface area contributed by atoms with Gasteiger partial charge in [0.1, 0.15) is 12.6 Å². The number of carbonyl (C=O) groups is 3. The zero-order valence-corrected chi connectivity index (χ0v) is 35.6. The van der Waals surface area contributed by atoms with Gasteiger partial charge in [0.05, 0.1) is 13.2 Å². The molecule has 0 fully saturated rings. The first kappa shape index (κ1) is 53.2. The van der Waals surface area contributed by atoms with Crippen molar-refractivity contribution in [3.63, 3.8) is 0 Å². The summed E-state index contributed by atoms with van der Waals surface area (Å²) < 4.78 is 32.6. The summed E-state index contributed by atoms with van der Waals surface area (Å²) in [7, 11) is -4.72. The van der Waals surface area contributed by atoms with E-state index in [9.17, 15) is 23.8 Å². The van der Waals surface area contributed by atoms with Crippen LogP contribution >= 0.6 is 7.82 Å². The number of rotatable bonds is 39. The third-order valence-corrected chi connectivity index (χ3v) is 9.73. The first-order chi connectivity index (χ1) is 27.1. The Bertz CT molecular complexity index is 1180. The van der Waals surface area contributed by atoms with E-state index in [2.05, 4.69) is 79.1 Å². The van der Waals surface area contributed by atoms with Crippen molar-refractivity contribution >= 4 is 25.7 Å². The normalized spacial score (nSPS) is 14.4. The van der Waals surface area contributed by atoms with Gasteiger partial charge in [0, 0.05) is 12.8 Å². The molecular formula is C44H76NO10P. The molecule has 0 aliphatic carbocycles. The highest BCUT2D eigenvalue weighted by Crippen LogP contribution is 2.43. The van der Waals surface area contributed by atoms with E-state index in [0.717, 1.165) is 70.6 Å². The maximum Gasteiger partial charge on any atom is 0.472 e. The topological polar surface area (TPSA) is 172 Å². The SMILES string of the molecule is CC/C=C/C/C=C/C/C=C/C/C=C/C/C=C/CCCCCC(=O)OC[C@@H](COP(=O)(O)OC[C@@H](N)C(=O)O)OC(=O)CCCCCCCCCCCCCCC. The number of hydrogen-bond acceptors (Lipinski definition) is 9. The van der Waals surface area contributed by atoms with Crippen molar-refractivity contribution in [2.75, 3.05) is 19.8 Å². The number of unbranched alkanes of at least 4 members (excludes halogenated alkanes) is 15. The molecule has 0 aromatic carbocycles. The maximum absolute atomic E-state index is 12.6. The summed E-state index contributed by atoms with van der Waals surface area (Å²) in [6.07, 6.45) is 44.3. The Labute approximate surface area is 338 Å². The highest BCUT2D eigenvalue weighted by Gasteiger charge is 2.28. The van der Waals surface area contributed by atoms with Gasteiger partial charge in [-0.1, -0.05) is 158 Å². The molecule has 1 unspecified atom stereocenters. The van der Waals surface area contributed by atoms with Crippen LogP contribution in [-0.2, 0) is 37.5 Å². The minimum absolute atomic E-state index is 0.154. The average Bonchev–Trinajstić information content (AvgIpc) is 3.17. The summed E-state index contributed by atoms with van der Waals surface area (Å²) in [5.41, 5.74) is 5.33. The van der Waals surface area contributed by atoms with E-state index in [-0.39, 0.29) is 19.4 Å². The van der Waals surface area contributed by atoms with Crippen LogP contribution in [0.5, 0.6) is 0 Å². The fourth-order valence-electron chi connectivity index (χ4n) is 5.44. The molecule has 0 heterocycles. The standard InChI is InChI=1S/C44H76NO10P/c1-3-5-7-9-11-13-15-17-18-19-20-21-22-24-25-27-29-31-33-35-42(46)52-37-40(38-53-56(50,51)54-39-41(45)44(48)49)55-43(47)36-34-32-30-28-26-23-16-14-12-10-8-6-4-2/h5,7,11,13,17-18,20-21,24-25,40-41H,3-4,6,8-10,12,14-16,19,22-23,26-39,45H2,1-2H3,(H,48,49)(H,50,51)/b7-5+,13-11+,18-17+,21-20+,25-24+/t40-,41+/m0/s1. The summed E-state index contributed by atoms with van der Waals surface area (Å²) in [5, 5.41) is 8.88. The molecule has 0 aromatic heterocycles. The highest BCUT2D eigenvalue weighted by molar-refractivity contribution is 7.47. The molecule has 0 spiro atoms. The van der Waals surface area contributed by atoms with Crippen molar-refractivity contribution in [2.45, 2.75) is 180 Å². The van der Waals surface area contributed by atoms with Crippen molar-refractivity contribution in [3.8, 4) is 0 Å². The molecule has 0 radical (unpaired) electrons. The second-order valence-corrected chi connectivity index (χ2v) is 15.6. The van der Waals surface area contributed by atoms with Crippen LogP contribution in [0, 0.1) is 0 Å². The molecule has 0 rings (SSSR count). The lowest BCUT2D eigenvalue weighted by Gasteiger charge is -2.20. The monoisotopic (exact) mass is 810 g/mol. The van der Waals surface area contributed by atoms with E-state index in [0.29, 0.717) is 12.8 Å². The molecule has 4 N–H and O–H groups in total. The Kier molecular flexibility index (Phi) is 37.1. The minimum atomic E-state index is -4.72. The number of hydrogen-bond donors (Lipinski definition) is 3. The molecule has 56 heavy (non-hydrogen) atoms. The molecule has 0 bridgehead atoms. The Morgan fingerprint density at radius 3 is 1.50 bits per heavy atom. The van der Waals surface area contributed by atoms with Gasteiger partial charge in [-0.2, -0.15) is 0 Å². The van der Waals surface area contributed by atoms with Gasteiger partial charge < -0.3 is 25.2 Å². The average molecular weight is 810 g/mol. The smallest absolute Gasteiger partial charge is 0.472 e. The Balaban J connectivity index is 4.43. The lowest BCUT2D eigenvalue weighted by Crippen LogP contribution is -2.34. The van der Waals surface area contributed by atoms with E-state index in [1.807, 2.05) is 0 Å². The molecule has 0 saturated heterocycles. The minimum Gasteiger partial charge on any atom is -0.480 e. The van der Waals surface area contributed by atoms with Crippen LogP contribution in [0.2, 0.25) is 0 Å². The van der Waals surface area contributed by atoms with Gasteiger partial charge in [0.2, 0.25) is 0 Å². The van der Waals surface area contributed by atoms with E-state index in [1.54, 1.807) is 0 Å². The molecular weight excluding hydrogens is 733 g/mol. The van der Waals surface area contributed by atoms with E-state index in [4.69, 9.17) is 24.8 Å². The van der Waals surface area contributed by atoms with Crippen molar-refractivity contribution in [2.24, 2.45) is 5.73 Å². The van der Waals surface area contributed by atoms with Gasteiger partial charge in [-0.3, -0.25) is 23.4 Å². The Morgan fingerprint density at radius 1 is 0.571 bits per heavy atom. The van der Waals surface area contributed by atoms with Crippen LogP contribution in [0.4, 0.5) is 0 Å². The molecule has 322 valence electrons. The summed E-state index contributed by atoms with van der Waals surface area (Å²) in [6, 6.07) is -1.53. The van der Waals surface area contributed by atoms with Crippen LogP contribution in [0.3, 0.4) is 0 Å². The zero-order chi connectivity index (χ0) is 41.4. The second kappa shape index (κ2) is 39.0. The first-order valence-electron chi connectivity index (χ1n) is 21.3. The molecule has 0 saturated carbocycles. The second-order valence-electron chi connectivity index (χ2n) is 14.1. The number of aliphatic carboxylic acids is 1. The number of carbonyl (C=O) groups excluding carboxylic acids is 2. The van der Waals surface area contributed by atoms with Gasteiger partial charge in [-0.15, -0.1) is 0 Å². The van der Waals surface area contributed by atoms with Gasteiger partial charge in [-0.05, 0) is 57.8 Å². The number of esters is 2. The van der Waals surface area contributed by atoms with Crippen LogP contribution in [0.15, 0.2) is 60.8 Å². The molecule has 0 aromatic rings. The van der Waals surface area contributed by atoms with Gasteiger partial charge >= 0.3 is 25.7 Å². The Hall–Kier alpha value is -2.82. The fraction of sp³-hybridized carbons (Fsp3) is 0.705. The van der Waals surface area contributed by atoms with Crippen molar-refractivity contribution in [1.29, 1.82) is 0 Å². The number of carboxylic acid groups (broad SMARTS) is 1. The van der Waals surface area contributed by atoms with Gasteiger partial charge in [0.25, 0.3) is 0 Å². The molecule has 0 aliphatic rings. The van der Waals surface area contributed by atoms with Crippen LogP contribution in [0.25, 0.3) is 0 Å². The van der Waals surface area contributed by atoms with Crippen molar-refractivity contribution < 1.29 is 47.5 Å². The predicted octanol–water partition coefficient (Wildman–Crippen LogP) is 11.2. The van der Waals surface area contributed by atoms with E-state index in [1.165, 1.54) is 57.8 Å². The summed E-state index contributed by atoms with van der Waals surface area (Å²) in [5.74, 6) is -2.42. The van der Waals surface area contributed by atoms with Crippen molar-refractivity contribution in [1.82, 2.24) is 0 Å². The Morgan fingerprint density at radius 2 is 1.00 bits per heavy atom. The number of ether oxygens (including phenoxy) is 2. The molecule has 0 amide bonds. The van der Waals surface area contributed by atoms with Crippen LogP contribution in [-0.4, -0.2) is 59.9 Å². The number of phosphoric acid groups is 1. The molecule has 0 aliphatic heterocycles. The molecule has 3 atom stereocenters. The summed E-state index contributed by atoms with van der Waals surface area (Å²) in [4.78, 5) is 45.9. The number of nitrogens with two attached hydrogens (primary N) is 1. The number of carboxylic acids is 1. The van der Waals surface area contributed by atoms with E-state index < -0.39 is 51.1 Å². The van der Waals surface area contributed by atoms with Crippen molar-refractivity contribution in [3.05, 3.63) is 60.8 Å². The van der Waals surface area contributed by atoms with Gasteiger partial charge in [0.15, 0.2) is 6.10 Å². The summed E-state index contributed by atoms with van der Waals surface area (Å²) in [6.45, 7) is 2.64. The maximum atomic E-state index is 12.6. The van der Waals surface area contributed by atoms with E-state index >= 15 is 0 Å². The third-order valence-electron chi connectivity index (χ3n) is 8.78. The fourth-order valence-corrected chi connectivity index (χ4v) is 6.22. The quantitative estimate of drug-likeness (QED) is 0.0233. The predicted molar refractivity (Wildman–Crippen MR) is 226 cm³/mol. The first-order valence-corrected chi connectivity index (χ1v) is 22.8. The van der Waals surface area contributed by atoms with Crippen LogP contribution < -0.4 is 5.73 Å². The largest absolute Gasteiger partial charge is 0.480 e. The lowest BCUT2D eigenvalue weighted by molar-refractivity contribution is -0.161. The zero-order valence-electron chi connectivity index (χ0n) is 34.7. The number of phosphoric ester groups is 1. The lowest BCUT2D eigenvalue weighted by atomic mass is 10.0. The summed E-state index contributed by atoms with van der Waals surface area (Å²) >= 11 is 0. The molecule has 12 heteroatoms.